The number of nitrogens with one attached hydrogen (secondary N) is 1. The molecule has 0 radical (unpaired) electrons. The van der Waals surface area contributed by atoms with E-state index in [4.69, 9.17) is 0 Å². The average Bonchev–Trinajstić information content (AvgIpc) is 2.97. The fourth-order valence-corrected chi connectivity index (χ4v) is 3.87. The molecule has 0 atom stereocenters. The molecule has 0 aliphatic carbocycles. The molecule has 10 heteroatoms. The van der Waals surface area contributed by atoms with Crippen LogP contribution in [0.3, 0.4) is 0 Å². The topological polar surface area (TPSA) is 66.5 Å². The largest absolute Gasteiger partial charge is 0.418 e. The third-order valence-electron chi connectivity index (χ3n) is 3.06. The predicted octanol–water partition coefficient (Wildman–Crippen LogP) is 3.27. The van der Waals surface area contributed by atoms with Crippen molar-refractivity contribution in [2.45, 2.75) is 11.1 Å². The van der Waals surface area contributed by atoms with Crippen molar-refractivity contribution in [3.8, 4) is 0 Å². The van der Waals surface area contributed by atoms with Gasteiger partial charge in [0.25, 0.3) is 5.91 Å². The van der Waals surface area contributed by atoms with Crippen LogP contribution in [0, 0.1) is 0 Å². The normalized spacial score (nSPS) is 12.4. The van der Waals surface area contributed by atoms with Crippen LogP contribution in [0.2, 0.25) is 0 Å². The number of amides is 1. The van der Waals surface area contributed by atoms with Crippen LogP contribution in [0.4, 0.5) is 18.9 Å². The quantitative estimate of drug-likeness (QED) is 0.888. The van der Waals surface area contributed by atoms with Gasteiger partial charge in [-0.3, -0.25) is 4.79 Å². The molecule has 0 saturated heterocycles. The molecule has 5 nitrogen and oxygen atoms in total. The van der Waals surface area contributed by atoms with Gasteiger partial charge in [0.05, 0.1) is 21.0 Å². The van der Waals surface area contributed by atoms with Crippen molar-refractivity contribution in [2.75, 3.05) is 19.4 Å². The zero-order chi connectivity index (χ0) is 18.1. The van der Waals surface area contributed by atoms with E-state index >= 15 is 0 Å². The van der Waals surface area contributed by atoms with Crippen LogP contribution in [0.1, 0.15) is 15.2 Å². The molecule has 1 aromatic carbocycles. The lowest BCUT2D eigenvalue weighted by Crippen LogP contribution is -2.21. The molecule has 2 rings (SSSR count). The van der Waals surface area contributed by atoms with E-state index in [0.29, 0.717) is 0 Å². The first-order chi connectivity index (χ1) is 11.0. The number of benzene rings is 1. The van der Waals surface area contributed by atoms with Gasteiger partial charge in [0, 0.05) is 19.5 Å². The Morgan fingerprint density at radius 2 is 1.83 bits per heavy atom. The van der Waals surface area contributed by atoms with Gasteiger partial charge in [-0.1, -0.05) is 12.1 Å². The Morgan fingerprint density at radius 3 is 2.42 bits per heavy atom. The van der Waals surface area contributed by atoms with Crippen molar-refractivity contribution in [3.63, 3.8) is 0 Å². The number of para-hydroxylation sites is 1. The van der Waals surface area contributed by atoms with Crippen LogP contribution in [0.25, 0.3) is 0 Å². The van der Waals surface area contributed by atoms with E-state index in [-0.39, 0.29) is 15.5 Å². The maximum absolute atomic E-state index is 12.9. The maximum atomic E-state index is 12.9. The number of thiophene rings is 1. The smallest absolute Gasteiger partial charge is 0.321 e. The second kappa shape index (κ2) is 6.54. The van der Waals surface area contributed by atoms with E-state index in [1.807, 2.05) is 0 Å². The minimum atomic E-state index is -4.61. The second-order valence-corrected chi connectivity index (χ2v) is 7.99. The van der Waals surface area contributed by atoms with Crippen molar-refractivity contribution < 1.29 is 26.4 Å². The van der Waals surface area contributed by atoms with Crippen molar-refractivity contribution in [1.82, 2.24) is 4.31 Å². The highest BCUT2D eigenvalue weighted by atomic mass is 32.2. The van der Waals surface area contributed by atoms with E-state index in [9.17, 15) is 26.4 Å². The van der Waals surface area contributed by atoms with Gasteiger partial charge in [-0.2, -0.15) is 13.2 Å². The van der Waals surface area contributed by atoms with Crippen LogP contribution in [0.5, 0.6) is 0 Å². The van der Waals surface area contributed by atoms with Gasteiger partial charge < -0.3 is 5.32 Å². The van der Waals surface area contributed by atoms with Crippen LogP contribution >= 0.6 is 11.3 Å². The van der Waals surface area contributed by atoms with Gasteiger partial charge in [-0.15, -0.1) is 11.3 Å². The second-order valence-electron chi connectivity index (χ2n) is 4.93. The molecule has 130 valence electrons. The average molecular weight is 378 g/mol. The number of nitrogens with zero attached hydrogens (tertiary/aromatic N) is 1. The predicted molar refractivity (Wildman–Crippen MR) is 84.6 cm³/mol. The Labute approximate surface area is 140 Å². The Kier molecular flexibility index (Phi) is 5.02. The van der Waals surface area contributed by atoms with E-state index in [2.05, 4.69) is 5.32 Å². The van der Waals surface area contributed by atoms with Crippen molar-refractivity contribution in [3.05, 3.63) is 46.2 Å². The summed E-state index contributed by atoms with van der Waals surface area (Å²) < 4.78 is 63.7. The van der Waals surface area contributed by atoms with Crippen molar-refractivity contribution in [2.24, 2.45) is 0 Å². The Balaban J connectivity index is 2.29. The van der Waals surface area contributed by atoms with E-state index in [1.54, 1.807) is 0 Å². The summed E-state index contributed by atoms with van der Waals surface area (Å²) >= 11 is 0.835. The molecule has 24 heavy (non-hydrogen) atoms. The third kappa shape index (κ3) is 3.77. The summed E-state index contributed by atoms with van der Waals surface area (Å²) in [5, 5.41) is 3.43. The third-order valence-corrected chi connectivity index (χ3v) is 5.93. The molecule has 2 aromatic rings. The molecule has 1 aromatic heterocycles. The number of anilines is 1. The number of carbonyl (C=O) groups excluding carboxylic acids is 1. The molecule has 0 fully saturated rings. The summed E-state index contributed by atoms with van der Waals surface area (Å²) in [5.41, 5.74) is -1.36. The molecule has 1 heterocycles. The minimum absolute atomic E-state index is 0.00703. The summed E-state index contributed by atoms with van der Waals surface area (Å²) in [5.74, 6) is -0.808. The lowest BCUT2D eigenvalue weighted by atomic mass is 10.1. The minimum Gasteiger partial charge on any atom is -0.321 e. The van der Waals surface area contributed by atoms with Gasteiger partial charge in [-0.25, -0.2) is 12.7 Å². The van der Waals surface area contributed by atoms with Gasteiger partial charge in [0.2, 0.25) is 10.0 Å². The SMILES string of the molecule is CN(C)S(=O)(=O)c1csc(C(=O)Nc2ccccc2C(F)(F)F)c1. The Hall–Kier alpha value is -1.91. The highest BCUT2D eigenvalue weighted by Crippen LogP contribution is 2.35. The molecule has 1 N–H and O–H groups in total. The molecule has 0 aliphatic heterocycles. The monoisotopic (exact) mass is 378 g/mol. The number of alkyl halides is 3. The molecule has 0 spiro atoms. The van der Waals surface area contributed by atoms with Crippen LogP contribution in [-0.4, -0.2) is 32.7 Å². The standard InChI is InChI=1S/C14H13F3N2O3S2/c1-19(2)24(21,22)9-7-12(23-8-9)13(20)18-11-6-4-3-5-10(11)14(15,16)17/h3-8H,1-2H3,(H,18,20). The van der Waals surface area contributed by atoms with Gasteiger partial charge in [0.15, 0.2) is 0 Å². The number of halogens is 3. The van der Waals surface area contributed by atoms with Gasteiger partial charge in [0.1, 0.15) is 0 Å². The van der Waals surface area contributed by atoms with E-state index in [0.717, 1.165) is 33.8 Å². The van der Waals surface area contributed by atoms with Crippen LogP contribution in [0.15, 0.2) is 40.6 Å². The summed E-state index contributed by atoms with van der Waals surface area (Å²) in [6.45, 7) is 0. The molecule has 0 aliphatic rings. The number of hydrogen-bond acceptors (Lipinski definition) is 4. The first-order valence-electron chi connectivity index (χ1n) is 6.52. The molecule has 0 saturated carbocycles. The molecule has 0 bridgehead atoms. The number of sulfonamides is 1. The van der Waals surface area contributed by atoms with Crippen LogP contribution in [-0.2, 0) is 16.2 Å². The fourth-order valence-electron chi connectivity index (χ4n) is 1.81. The number of hydrogen-bond donors (Lipinski definition) is 1. The summed E-state index contributed by atoms with van der Waals surface area (Å²) in [4.78, 5) is 12.0. The maximum Gasteiger partial charge on any atom is 0.418 e. The van der Waals surface area contributed by atoms with Crippen molar-refractivity contribution in [1.29, 1.82) is 0 Å². The Bertz CT molecular complexity index is 858. The number of rotatable bonds is 4. The highest BCUT2D eigenvalue weighted by molar-refractivity contribution is 7.89. The van der Waals surface area contributed by atoms with Gasteiger partial charge >= 0.3 is 6.18 Å². The zero-order valence-electron chi connectivity index (χ0n) is 12.6. The first-order valence-corrected chi connectivity index (χ1v) is 8.84. The lowest BCUT2D eigenvalue weighted by Gasteiger charge is -2.13. The fraction of sp³-hybridized carbons (Fsp3) is 0.214. The lowest BCUT2D eigenvalue weighted by molar-refractivity contribution is -0.136. The zero-order valence-corrected chi connectivity index (χ0v) is 14.2. The molecule has 0 unspecified atom stereocenters. The number of carbonyl (C=O) groups is 1. The summed E-state index contributed by atoms with van der Waals surface area (Å²) in [6.07, 6.45) is -4.61. The first kappa shape index (κ1) is 18.4. The Morgan fingerprint density at radius 1 is 1.21 bits per heavy atom. The molecular formula is C14H13F3N2O3S2. The highest BCUT2D eigenvalue weighted by Gasteiger charge is 2.33. The molecular weight excluding hydrogens is 365 g/mol. The van der Waals surface area contributed by atoms with Crippen molar-refractivity contribution >= 4 is 33.0 Å². The van der Waals surface area contributed by atoms with Crippen LogP contribution < -0.4 is 5.32 Å². The van der Waals surface area contributed by atoms with Gasteiger partial charge in [-0.05, 0) is 18.2 Å². The molecule has 1 amide bonds. The van der Waals surface area contributed by atoms with E-state index in [1.165, 1.54) is 31.6 Å². The summed E-state index contributed by atoms with van der Waals surface area (Å²) in [6, 6.07) is 5.69. The van der Waals surface area contributed by atoms with E-state index < -0.39 is 27.7 Å². The summed E-state index contributed by atoms with van der Waals surface area (Å²) in [7, 11) is -1.03.